The molecule has 0 saturated heterocycles. The number of nitrogens with one attached hydrogen (secondary N) is 1. The first-order chi connectivity index (χ1) is 16.0. The minimum Gasteiger partial charge on any atom is -0.350 e. The third-order valence-corrected chi connectivity index (χ3v) is 7.27. The lowest BCUT2D eigenvalue weighted by Crippen LogP contribution is -2.53. The molecule has 0 aliphatic rings. The normalized spacial score (nSPS) is 12.9. The number of nitrogens with zero attached hydrogens (tertiary/aromatic N) is 2. The standard InChI is InChI=1S/C26H37N3O4S/c1-6-23(25(31)27-26(2,3)4)29(20-21-14-9-7-10-15-21)24(30)18-13-19-28(5)34(32,33)22-16-11-8-12-17-22/h7-12,14-17,23H,6,13,18-20H2,1-5H3,(H,27,31). The summed E-state index contributed by atoms with van der Waals surface area (Å²) in [5.41, 5.74) is 0.516. The Balaban J connectivity index is 2.12. The number of rotatable bonds is 11. The van der Waals surface area contributed by atoms with Crippen molar-refractivity contribution in [1.82, 2.24) is 14.5 Å². The minimum absolute atomic E-state index is 0.140. The van der Waals surface area contributed by atoms with Crippen molar-refractivity contribution in [2.75, 3.05) is 13.6 Å². The molecule has 1 atom stereocenters. The Bertz CT molecular complexity index is 1030. The van der Waals surface area contributed by atoms with E-state index in [0.29, 0.717) is 19.4 Å². The number of hydrogen-bond donors (Lipinski definition) is 1. The van der Waals surface area contributed by atoms with Gasteiger partial charge in [0.25, 0.3) is 0 Å². The van der Waals surface area contributed by atoms with Crippen molar-refractivity contribution >= 4 is 21.8 Å². The molecule has 186 valence electrons. The first-order valence-electron chi connectivity index (χ1n) is 11.6. The van der Waals surface area contributed by atoms with E-state index >= 15 is 0 Å². The van der Waals surface area contributed by atoms with Crippen LogP contribution < -0.4 is 5.32 Å². The van der Waals surface area contributed by atoms with Crippen LogP contribution in [0.2, 0.25) is 0 Å². The third kappa shape index (κ3) is 7.95. The molecule has 2 amide bonds. The number of carbonyl (C=O) groups excluding carboxylic acids is 2. The SMILES string of the molecule is CCC(C(=O)NC(C)(C)C)N(Cc1ccccc1)C(=O)CCCN(C)S(=O)(=O)c1ccccc1. The summed E-state index contributed by atoms with van der Waals surface area (Å²) < 4.78 is 26.7. The summed E-state index contributed by atoms with van der Waals surface area (Å²) in [7, 11) is -2.10. The first kappa shape index (κ1) is 27.5. The smallest absolute Gasteiger partial charge is 0.243 e. The summed E-state index contributed by atoms with van der Waals surface area (Å²) in [6, 6.07) is 17.2. The van der Waals surface area contributed by atoms with Gasteiger partial charge in [-0.2, -0.15) is 0 Å². The summed E-state index contributed by atoms with van der Waals surface area (Å²) in [4.78, 5) is 28.1. The van der Waals surface area contributed by atoms with E-state index in [0.717, 1.165) is 5.56 Å². The van der Waals surface area contributed by atoms with Crippen molar-refractivity contribution in [3.8, 4) is 0 Å². The lowest BCUT2D eigenvalue weighted by Gasteiger charge is -2.33. The molecule has 0 fully saturated rings. The second-order valence-corrected chi connectivity index (χ2v) is 11.5. The van der Waals surface area contributed by atoms with Gasteiger partial charge in [-0.25, -0.2) is 12.7 Å². The molecule has 1 unspecified atom stereocenters. The van der Waals surface area contributed by atoms with Crippen molar-refractivity contribution in [3.05, 3.63) is 66.2 Å². The molecule has 2 aromatic rings. The Hall–Kier alpha value is -2.71. The van der Waals surface area contributed by atoms with Crippen LogP contribution in [-0.4, -0.2) is 54.6 Å². The van der Waals surface area contributed by atoms with Crippen LogP contribution in [0.5, 0.6) is 0 Å². The third-order valence-electron chi connectivity index (χ3n) is 5.39. The van der Waals surface area contributed by atoms with E-state index in [1.54, 1.807) is 35.2 Å². The fourth-order valence-corrected chi connectivity index (χ4v) is 4.87. The van der Waals surface area contributed by atoms with Crippen LogP contribution >= 0.6 is 0 Å². The van der Waals surface area contributed by atoms with E-state index in [1.807, 2.05) is 58.0 Å². The van der Waals surface area contributed by atoms with E-state index < -0.39 is 21.6 Å². The summed E-state index contributed by atoms with van der Waals surface area (Å²) in [5, 5.41) is 2.98. The van der Waals surface area contributed by atoms with Crippen molar-refractivity contribution < 1.29 is 18.0 Å². The maximum Gasteiger partial charge on any atom is 0.243 e. The van der Waals surface area contributed by atoms with Gasteiger partial charge in [0, 0.05) is 32.1 Å². The molecule has 8 heteroatoms. The quantitative estimate of drug-likeness (QED) is 0.522. The average Bonchev–Trinajstić information content (AvgIpc) is 2.78. The molecular weight excluding hydrogens is 450 g/mol. The Morgan fingerprint density at radius 1 is 0.971 bits per heavy atom. The first-order valence-corrected chi connectivity index (χ1v) is 13.1. The molecule has 0 saturated carbocycles. The zero-order valence-electron chi connectivity index (χ0n) is 20.8. The van der Waals surface area contributed by atoms with Crippen LogP contribution in [0, 0.1) is 0 Å². The van der Waals surface area contributed by atoms with E-state index in [2.05, 4.69) is 5.32 Å². The summed E-state index contributed by atoms with van der Waals surface area (Å²) in [6.45, 7) is 8.12. The number of benzene rings is 2. The van der Waals surface area contributed by atoms with Crippen LogP contribution in [0.25, 0.3) is 0 Å². The van der Waals surface area contributed by atoms with Gasteiger partial charge in [0.2, 0.25) is 21.8 Å². The summed E-state index contributed by atoms with van der Waals surface area (Å²) >= 11 is 0. The molecule has 1 N–H and O–H groups in total. The Kier molecular flexibility index (Phi) is 9.82. The average molecular weight is 488 g/mol. The van der Waals surface area contributed by atoms with E-state index in [1.165, 1.54) is 11.4 Å². The zero-order valence-corrected chi connectivity index (χ0v) is 21.6. The molecule has 0 radical (unpaired) electrons. The van der Waals surface area contributed by atoms with Crippen molar-refractivity contribution in [3.63, 3.8) is 0 Å². The number of carbonyl (C=O) groups is 2. The van der Waals surface area contributed by atoms with Crippen molar-refractivity contribution in [2.24, 2.45) is 0 Å². The predicted molar refractivity (Wildman–Crippen MR) is 134 cm³/mol. The van der Waals surface area contributed by atoms with Gasteiger partial charge >= 0.3 is 0 Å². The van der Waals surface area contributed by atoms with Crippen molar-refractivity contribution in [2.45, 2.75) is 70.0 Å². The van der Waals surface area contributed by atoms with E-state index in [4.69, 9.17) is 0 Å². The van der Waals surface area contributed by atoms with Gasteiger partial charge in [-0.05, 0) is 51.3 Å². The molecule has 0 heterocycles. The van der Waals surface area contributed by atoms with Crippen LogP contribution in [0.1, 0.15) is 52.5 Å². The van der Waals surface area contributed by atoms with E-state index in [-0.39, 0.29) is 29.7 Å². The monoisotopic (exact) mass is 487 g/mol. The molecule has 0 spiro atoms. The fraction of sp³-hybridized carbons (Fsp3) is 0.462. The molecule has 7 nitrogen and oxygen atoms in total. The maximum absolute atomic E-state index is 13.3. The minimum atomic E-state index is -3.62. The Morgan fingerprint density at radius 3 is 2.06 bits per heavy atom. The molecule has 34 heavy (non-hydrogen) atoms. The molecule has 0 aliphatic heterocycles. The highest BCUT2D eigenvalue weighted by Crippen LogP contribution is 2.17. The topological polar surface area (TPSA) is 86.8 Å². The molecular formula is C26H37N3O4S. The van der Waals surface area contributed by atoms with Gasteiger partial charge in [-0.1, -0.05) is 55.5 Å². The van der Waals surface area contributed by atoms with Crippen molar-refractivity contribution in [1.29, 1.82) is 0 Å². The summed E-state index contributed by atoms with van der Waals surface area (Å²) in [6.07, 6.45) is 0.966. The largest absolute Gasteiger partial charge is 0.350 e. The second-order valence-electron chi connectivity index (χ2n) is 9.41. The van der Waals surface area contributed by atoms with Crippen LogP contribution in [-0.2, 0) is 26.2 Å². The maximum atomic E-state index is 13.3. The number of amides is 2. The molecule has 0 bridgehead atoms. The Labute approximate surface area is 204 Å². The predicted octanol–water partition coefficient (Wildman–Crippen LogP) is 3.81. The van der Waals surface area contributed by atoms with Gasteiger partial charge in [-0.15, -0.1) is 0 Å². The van der Waals surface area contributed by atoms with Gasteiger partial charge in [0.15, 0.2) is 0 Å². The highest BCUT2D eigenvalue weighted by molar-refractivity contribution is 7.89. The van der Waals surface area contributed by atoms with Crippen LogP contribution in [0.3, 0.4) is 0 Å². The summed E-state index contributed by atoms with van der Waals surface area (Å²) in [5.74, 6) is -0.367. The molecule has 2 aromatic carbocycles. The van der Waals surface area contributed by atoms with Crippen LogP contribution in [0.15, 0.2) is 65.6 Å². The van der Waals surface area contributed by atoms with Gasteiger partial charge in [0.05, 0.1) is 4.90 Å². The second kappa shape index (κ2) is 12.1. The lowest BCUT2D eigenvalue weighted by atomic mass is 10.0. The lowest BCUT2D eigenvalue weighted by molar-refractivity contribution is -0.142. The number of sulfonamides is 1. The molecule has 0 aliphatic carbocycles. The fourth-order valence-electron chi connectivity index (χ4n) is 3.64. The highest BCUT2D eigenvalue weighted by atomic mass is 32.2. The number of hydrogen-bond acceptors (Lipinski definition) is 4. The van der Waals surface area contributed by atoms with Crippen LogP contribution in [0.4, 0.5) is 0 Å². The van der Waals surface area contributed by atoms with E-state index in [9.17, 15) is 18.0 Å². The van der Waals surface area contributed by atoms with Gasteiger partial charge < -0.3 is 10.2 Å². The highest BCUT2D eigenvalue weighted by Gasteiger charge is 2.30. The molecule has 2 rings (SSSR count). The molecule has 0 aromatic heterocycles. The van der Waals surface area contributed by atoms with Gasteiger partial charge in [-0.3, -0.25) is 9.59 Å². The Morgan fingerprint density at radius 2 is 1.53 bits per heavy atom. The van der Waals surface area contributed by atoms with Gasteiger partial charge in [0.1, 0.15) is 6.04 Å². The zero-order chi connectivity index (χ0) is 25.4.